The molecule has 2 N–H and O–H groups in total. The van der Waals surface area contributed by atoms with Crippen molar-refractivity contribution in [2.75, 3.05) is 12.3 Å². The molecular formula is C6H10N2S2. The lowest BCUT2D eigenvalue weighted by molar-refractivity contribution is 1.14. The van der Waals surface area contributed by atoms with Gasteiger partial charge in [0.2, 0.25) is 0 Å². The van der Waals surface area contributed by atoms with Crippen LogP contribution in [0.4, 0.5) is 0 Å². The van der Waals surface area contributed by atoms with Gasteiger partial charge in [-0.1, -0.05) is 0 Å². The molecule has 0 aliphatic heterocycles. The molecule has 1 aromatic rings. The van der Waals surface area contributed by atoms with E-state index in [1.807, 2.05) is 23.3 Å². The minimum atomic E-state index is 0.760. The van der Waals surface area contributed by atoms with Crippen molar-refractivity contribution in [3.05, 3.63) is 16.6 Å². The first kappa shape index (κ1) is 8.04. The number of hydrogen-bond acceptors (Lipinski definition) is 4. The lowest BCUT2D eigenvalue weighted by Gasteiger charge is -1.93. The first-order chi connectivity index (χ1) is 4.93. The highest BCUT2D eigenvalue weighted by molar-refractivity contribution is 7.98. The number of nitrogens with two attached hydrogens (primary N) is 1. The highest BCUT2D eigenvalue weighted by Crippen LogP contribution is 2.12. The monoisotopic (exact) mass is 174 g/mol. The molecule has 0 aliphatic rings. The van der Waals surface area contributed by atoms with Crippen LogP contribution in [0.2, 0.25) is 0 Å². The number of thiazole rings is 1. The largest absolute Gasteiger partial charge is 0.330 e. The second kappa shape index (κ2) is 4.71. The molecule has 0 amide bonds. The fourth-order valence-electron chi connectivity index (χ4n) is 0.567. The SMILES string of the molecule is NCCSCc1nccs1. The van der Waals surface area contributed by atoms with E-state index >= 15 is 0 Å². The van der Waals surface area contributed by atoms with E-state index in [0.29, 0.717) is 0 Å². The Kier molecular flexibility index (Phi) is 3.79. The average molecular weight is 174 g/mol. The quantitative estimate of drug-likeness (QED) is 0.700. The van der Waals surface area contributed by atoms with E-state index < -0.39 is 0 Å². The van der Waals surface area contributed by atoms with Crippen LogP contribution < -0.4 is 5.73 Å². The van der Waals surface area contributed by atoms with E-state index in [1.54, 1.807) is 11.3 Å². The van der Waals surface area contributed by atoms with Crippen LogP contribution >= 0.6 is 23.1 Å². The number of aromatic nitrogens is 1. The van der Waals surface area contributed by atoms with Gasteiger partial charge in [-0.2, -0.15) is 11.8 Å². The van der Waals surface area contributed by atoms with Gasteiger partial charge < -0.3 is 5.73 Å². The lowest BCUT2D eigenvalue weighted by Crippen LogP contribution is -2.01. The van der Waals surface area contributed by atoms with Crippen LogP contribution in [0.3, 0.4) is 0 Å². The van der Waals surface area contributed by atoms with Crippen molar-refractivity contribution in [3.8, 4) is 0 Å². The maximum Gasteiger partial charge on any atom is 0.102 e. The van der Waals surface area contributed by atoms with Gasteiger partial charge in [-0.15, -0.1) is 11.3 Å². The Hall–Kier alpha value is -0.0600. The van der Waals surface area contributed by atoms with Crippen LogP contribution in [0.25, 0.3) is 0 Å². The summed E-state index contributed by atoms with van der Waals surface area (Å²) in [5.41, 5.74) is 5.33. The number of nitrogens with zero attached hydrogens (tertiary/aromatic N) is 1. The standard InChI is InChI=1S/C6H10N2S2/c7-1-3-9-5-6-8-2-4-10-6/h2,4H,1,3,5,7H2. The van der Waals surface area contributed by atoms with Crippen molar-refractivity contribution < 1.29 is 0 Å². The summed E-state index contributed by atoms with van der Waals surface area (Å²) >= 11 is 3.53. The Morgan fingerprint density at radius 2 is 2.60 bits per heavy atom. The average Bonchev–Trinajstić information content (AvgIpc) is 2.41. The van der Waals surface area contributed by atoms with Gasteiger partial charge >= 0.3 is 0 Å². The maximum atomic E-state index is 5.33. The molecule has 0 saturated carbocycles. The van der Waals surface area contributed by atoms with Crippen LogP contribution in [0.5, 0.6) is 0 Å². The summed E-state index contributed by atoms with van der Waals surface area (Å²) < 4.78 is 0. The third-order valence-electron chi connectivity index (χ3n) is 0.971. The van der Waals surface area contributed by atoms with E-state index in [-0.39, 0.29) is 0 Å². The molecule has 10 heavy (non-hydrogen) atoms. The Labute approximate surface area is 68.8 Å². The topological polar surface area (TPSA) is 38.9 Å². The predicted octanol–water partition coefficient (Wildman–Crippen LogP) is 1.34. The molecule has 1 heterocycles. The molecule has 0 fully saturated rings. The van der Waals surface area contributed by atoms with Gasteiger partial charge in [0.05, 0.1) is 0 Å². The summed E-state index contributed by atoms with van der Waals surface area (Å²) in [6.07, 6.45) is 1.84. The van der Waals surface area contributed by atoms with Crippen molar-refractivity contribution in [1.82, 2.24) is 4.98 Å². The molecule has 4 heteroatoms. The number of thioether (sulfide) groups is 1. The van der Waals surface area contributed by atoms with Crippen LogP contribution in [-0.4, -0.2) is 17.3 Å². The zero-order chi connectivity index (χ0) is 7.23. The fraction of sp³-hybridized carbons (Fsp3) is 0.500. The summed E-state index contributed by atoms with van der Waals surface area (Å²) in [4.78, 5) is 4.14. The number of hydrogen-bond donors (Lipinski definition) is 1. The molecule has 0 spiro atoms. The predicted molar refractivity (Wildman–Crippen MR) is 47.3 cm³/mol. The molecule has 56 valence electrons. The maximum absolute atomic E-state index is 5.33. The summed E-state index contributed by atoms with van der Waals surface area (Å²) in [7, 11) is 0. The van der Waals surface area contributed by atoms with Crippen molar-refractivity contribution >= 4 is 23.1 Å². The van der Waals surface area contributed by atoms with E-state index in [0.717, 1.165) is 18.1 Å². The van der Waals surface area contributed by atoms with Crippen LogP contribution in [0, 0.1) is 0 Å². The van der Waals surface area contributed by atoms with Crippen molar-refractivity contribution in [1.29, 1.82) is 0 Å². The first-order valence-electron chi connectivity index (χ1n) is 3.09. The van der Waals surface area contributed by atoms with Crippen LogP contribution in [-0.2, 0) is 5.75 Å². The zero-order valence-corrected chi connectivity index (χ0v) is 7.25. The molecule has 0 bridgehead atoms. The molecule has 1 aromatic heterocycles. The van der Waals surface area contributed by atoms with Crippen molar-refractivity contribution in [3.63, 3.8) is 0 Å². The van der Waals surface area contributed by atoms with Gasteiger partial charge in [0.1, 0.15) is 5.01 Å². The molecule has 1 rings (SSSR count). The highest BCUT2D eigenvalue weighted by atomic mass is 32.2. The summed E-state index contributed by atoms with van der Waals surface area (Å²) in [5, 5.41) is 3.19. The van der Waals surface area contributed by atoms with E-state index in [9.17, 15) is 0 Å². The van der Waals surface area contributed by atoms with Gasteiger partial charge in [-0.25, -0.2) is 4.98 Å². The molecule has 0 unspecified atom stereocenters. The van der Waals surface area contributed by atoms with Crippen molar-refractivity contribution in [2.45, 2.75) is 5.75 Å². The molecule has 0 radical (unpaired) electrons. The second-order valence-electron chi connectivity index (χ2n) is 1.77. The third kappa shape index (κ3) is 2.68. The summed E-state index contributed by atoms with van der Waals surface area (Å²) in [5.74, 6) is 2.04. The minimum absolute atomic E-state index is 0.760. The second-order valence-corrected chi connectivity index (χ2v) is 3.85. The van der Waals surface area contributed by atoms with E-state index in [4.69, 9.17) is 5.73 Å². The number of rotatable bonds is 4. The van der Waals surface area contributed by atoms with E-state index in [1.165, 1.54) is 5.01 Å². The fourth-order valence-corrected chi connectivity index (χ4v) is 2.05. The Morgan fingerprint density at radius 1 is 1.70 bits per heavy atom. The molecule has 0 saturated heterocycles. The van der Waals surface area contributed by atoms with Gasteiger partial charge in [0.25, 0.3) is 0 Å². The van der Waals surface area contributed by atoms with E-state index in [2.05, 4.69) is 4.98 Å². The third-order valence-corrected chi connectivity index (χ3v) is 2.94. The van der Waals surface area contributed by atoms with Crippen molar-refractivity contribution in [2.24, 2.45) is 5.73 Å². The zero-order valence-electron chi connectivity index (χ0n) is 5.62. The molecule has 2 nitrogen and oxygen atoms in total. The summed E-state index contributed by atoms with van der Waals surface area (Å²) in [6, 6.07) is 0. The summed E-state index contributed by atoms with van der Waals surface area (Å²) in [6.45, 7) is 0.760. The highest BCUT2D eigenvalue weighted by Gasteiger charge is 1.93. The molecule has 0 atom stereocenters. The Bertz CT molecular complexity index is 162. The Balaban J connectivity index is 2.15. The van der Waals surface area contributed by atoms with Crippen LogP contribution in [0.15, 0.2) is 11.6 Å². The van der Waals surface area contributed by atoms with Gasteiger partial charge in [0, 0.05) is 29.6 Å². The van der Waals surface area contributed by atoms with Crippen LogP contribution in [0.1, 0.15) is 5.01 Å². The lowest BCUT2D eigenvalue weighted by atomic mass is 10.8. The van der Waals surface area contributed by atoms with Gasteiger partial charge in [-0.05, 0) is 0 Å². The van der Waals surface area contributed by atoms with Gasteiger partial charge in [0.15, 0.2) is 0 Å². The minimum Gasteiger partial charge on any atom is -0.330 e. The molecular weight excluding hydrogens is 164 g/mol. The Morgan fingerprint density at radius 3 is 3.20 bits per heavy atom. The molecule has 0 aromatic carbocycles. The normalized spacial score (nSPS) is 10.1. The smallest absolute Gasteiger partial charge is 0.102 e. The van der Waals surface area contributed by atoms with Gasteiger partial charge in [-0.3, -0.25) is 0 Å². The first-order valence-corrected chi connectivity index (χ1v) is 5.13. The molecule has 0 aliphatic carbocycles.